The van der Waals surface area contributed by atoms with E-state index in [1.165, 1.54) is 24.3 Å². The molecule has 3 rings (SSSR count). The molecule has 0 atom stereocenters. The van der Waals surface area contributed by atoms with Gasteiger partial charge in [0.05, 0.1) is 18.1 Å². The maximum Gasteiger partial charge on any atom is 0.331 e. The predicted molar refractivity (Wildman–Crippen MR) is 111 cm³/mol. The lowest BCUT2D eigenvalue weighted by Crippen LogP contribution is -2.36. The van der Waals surface area contributed by atoms with Crippen LogP contribution in [0, 0.1) is 10.1 Å². The molecule has 1 saturated heterocycles. The Balaban J connectivity index is 1.45. The Bertz CT molecular complexity index is 936. The Morgan fingerprint density at radius 2 is 1.90 bits per heavy atom. The Labute approximate surface area is 173 Å². The van der Waals surface area contributed by atoms with E-state index in [0.717, 1.165) is 24.9 Å². The number of amides is 1. The highest BCUT2D eigenvalue weighted by molar-refractivity contribution is 5.94. The smallest absolute Gasteiger partial charge is 0.331 e. The standard InChI is InChI=1S/C21H21N3O6/c25-20(22-17-5-7-18(8-6-17)23-10-12-29-13-11-23)15-30-21(26)9-4-16-2-1-3-19(14-16)24(27)28/h1-9,14H,10-13,15H2,(H,22,25)/b9-4+. The number of carbonyl (C=O) groups is 2. The number of morpholine rings is 1. The number of nitrogens with one attached hydrogen (secondary N) is 1. The molecule has 1 aliphatic rings. The van der Waals surface area contributed by atoms with Gasteiger partial charge in [-0.05, 0) is 35.9 Å². The summed E-state index contributed by atoms with van der Waals surface area (Å²) in [6, 6.07) is 13.2. The summed E-state index contributed by atoms with van der Waals surface area (Å²) in [5, 5.41) is 13.4. The maximum atomic E-state index is 12.0. The maximum absolute atomic E-state index is 12.0. The molecule has 2 aromatic rings. The van der Waals surface area contributed by atoms with Crippen LogP contribution in [0.2, 0.25) is 0 Å². The van der Waals surface area contributed by atoms with Crippen molar-refractivity contribution in [2.75, 3.05) is 43.1 Å². The molecule has 0 saturated carbocycles. The molecule has 0 radical (unpaired) electrons. The van der Waals surface area contributed by atoms with E-state index in [-0.39, 0.29) is 5.69 Å². The van der Waals surface area contributed by atoms with Gasteiger partial charge in [0.15, 0.2) is 6.61 Å². The molecule has 1 amide bonds. The van der Waals surface area contributed by atoms with Gasteiger partial charge < -0.3 is 19.7 Å². The second-order valence-electron chi connectivity index (χ2n) is 6.49. The van der Waals surface area contributed by atoms with E-state index in [1.807, 2.05) is 12.1 Å². The Morgan fingerprint density at radius 1 is 1.17 bits per heavy atom. The first-order valence-corrected chi connectivity index (χ1v) is 9.33. The number of carbonyl (C=O) groups excluding carboxylic acids is 2. The van der Waals surface area contributed by atoms with Crippen LogP contribution in [0.4, 0.5) is 17.1 Å². The molecule has 9 nitrogen and oxygen atoms in total. The predicted octanol–water partition coefficient (Wildman–Crippen LogP) is 2.63. The molecule has 156 valence electrons. The second-order valence-corrected chi connectivity index (χ2v) is 6.49. The van der Waals surface area contributed by atoms with Crippen molar-refractivity contribution >= 4 is 35.0 Å². The van der Waals surface area contributed by atoms with Crippen LogP contribution in [-0.4, -0.2) is 49.7 Å². The first-order valence-electron chi connectivity index (χ1n) is 9.33. The van der Waals surface area contributed by atoms with Crippen LogP contribution >= 0.6 is 0 Å². The number of anilines is 2. The lowest BCUT2D eigenvalue weighted by Gasteiger charge is -2.28. The third kappa shape index (κ3) is 6.14. The van der Waals surface area contributed by atoms with Gasteiger partial charge in [-0.2, -0.15) is 0 Å². The molecule has 0 bridgehead atoms. The molecule has 0 aliphatic carbocycles. The van der Waals surface area contributed by atoms with E-state index >= 15 is 0 Å². The number of hydrogen-bond acceptors (Lipinski definition) is 7. The lowest BCUT2D eigenvalue weighted by atomic mass is 10.2. The van der Waals surface area contributed by atoms with Crippen molar-refractivity contribution in [2.45, 2.75) is 0 Å². The van der Waals surface area contributed by atoms with Crippen molar-refractivity contribution in [2.24, 2.45) is 0 Å². The van der Waals surface area contributed by atoms with Crippen LogP contribution in [0.25, 0.3) is 6.08 Å². The van der Waals surface area contributed by atoms with Crippen molar-refractivity contribution in [1.82, 2.24) is 0 Å². The van der Waals surface area contributed by atoms with E-state index in [2.05, 4.69) is 10.2 Å². The molecule has 1 N–H and O–H groups in total. The number of ether oxygens (including phenoxy) is 2. The summed E-state index contributed by atoms with van der Waals surface area (Å²) >= 11 is 0. The van der Waals surface area contributed by atoms with Crippen molar-refractivity contribution in [3.05, 3.63) is 70.3 Å². The number of esters is 1. The van der Waals surface area contributed by atoms with E-state index < -0.39 is 23.4 Å². The van der Waals surface area contributed by atoms with E-state index in [9.17, 15) is 19.7 Å². The molecule has 0 spiro atoms. The molecule has 9 heteroatoms. The minimum atomic E-state index is -0.723. The molecule has 0 aromatic heterocycles. The zero-order valence-electron chi connectivity index (χ0n) is 16.2. The van der Waals surface area contributed by atoms with Gasteiger partial charge in [-0.25, -0.2) is 4.79 Å². The van der Waals surface area contributed by atoms with Gasteiger partial charge in [0, 0.05) is 42.7 Å². The largest absolute Gasteiger partial charge is 0.452 e. The average molecular weight is 411 g/mol. The average Bonchev–Trinajstić information content (AvgIpc) is 2.77. The Morgan fingerprint density at radius 3 is 2.60 bits per heavy atom. The van der Waals surface area contributed by atoms with Crippen molar-refractivity contribution in [1.29, 1.82) is 0 Å². The number of non-ortho nitro benzene ring substituents is 1. The summed E-state index contributed by atoms with van der Waals surface area (Å²) in [5.74, 6) is -1.19. The van der Waals surface area contributed by atoms with Crippen molar-refractivity contribution in [3.63, 3.8) is 0 Å². The quantitative estimate of drug-likeness (QED) is 0.323. The number of nitro groups is 1. The molecule has 1 heterocycles. The minimum Gasteiger partial charge on any atom is -0.452 e. The van der Waals surface area contributed by atoms with E-state index in [1.54, 1.807) is 18.2 Å². The molecular formula is C21H21N3O6. The molecule has 1 aliphatic heterocycles. The topological polar surface area (TPSA) is 111 Å². The monoisotopic (exact) mass is 411 g/mol. The highest BCUT2D eigenvalue weighted by Crippen LogP contribution is 2.19. The third-order valence-corrected chi connectivity index (χ3v) is 4.37. The summed E-state index contributed by atoms with van der Waals surface area (Å²) in [6.07, 6.45) is 2.50. The minimum absolute atomic E-state index is 0.0791. The zero-order valence-corrected chi connectivity index (χ0v) is 16.2. The molecular weight excluding hydrogens is 390 g/mol. The molecule has 1 fully saturated rings. The first-order chi connectivity index (χ1) is 14.5. The van der Waals surface area contributed by atoms with Gasteiger partial charge in [-0.1, -0.05) is 12.1 Å². The summed E-state index contributed by atoms with van der Waals surface area (Å²) in [7, 11) is 0. The van der Waals surface area contributed by atoms with Crippen molar-refractivity contribution < 1.29 is 24.0 Å². The number of nitro benzene ring substituents is 1. The van der Waals surface area contributed by atoms with Crippen LogP contribution in [0.1, 0.15) is 5.56 Å². The van der Waals surface area contributed by atoms with Gasteiger partial charge >= 0.3 is 5.97 Å². The molecule has 0 unspecified atom stereocenters. The molecule has 30 heavy (non-hydrogen) atoms. The fourth-order valence-electron chi connectivity index (χ4n) is 2.87. The summed E-state index contributed by atoms with van der Waals surface area (Å²) < 4.78 is 10.2. The normalized spacial score (nSPS) is 13.8. The van der Waals surface area contributed by atoms with Crippen molar-refractivity contribution in [3.8, 4) is 0 Å². The summed E-state index contributed by atoms with van der Waals surface area (Å²) in [4.78, 5) is 36.2. The second kappa shape index (κ2) is 10.2. The van der Waals surface area contributed by atoms with E-state index in [0.29, 0.717) is 24.5 Å². The van der Waals surface area contributed by atoms with Gasteiger partial charge in [-0.15, -0.1) is 0 Å². The third-order valence-electron chi connectivity index (χ3n) is 4.37. The first kappa shape index (κ1) is 21.0. The highest BCUT2D eigenvalue weighted by Gasteiger charge is 2.11. The Kier molecular flexibility index (Phi) is 7.12. The van der Waals surface area contributed by atoms with Crippen LogP contribution in [0.5, 0.6) is 0 Å². The van der Waals surface area contributed by atoms with Crippen LogP contribution in [-0.2, 0) is 19.1 Å². The van der Waals surface area contributed by atoms with Gasteiger partial charge in [-0.3, -0.25) is 14.9 Å². The van der Waals surface area contributed by atoms with Gasteiger partial charge in [0.2, 0.25) is 0 Å². The summed E-state index contributed by atoms with van der Waals surface area (Å²) in [5.41, 5.74) is 2.05. The van der Waals surface area contributed by atoms with Crippen LogP contribution in [0.15, 0.2) is 54.6 Å². The highest BCUT2D eigenvalue weighted by atomic mass is 16.6. The number of nitrogens with zero attached hydrogens (tertiary/aromatic N) is 2. The SMILES string of the molecule is O=C(COC(=O)/C=C/c1cccc([N+](=O)[O-])c1)Nc1ccc(N2CCOCC2)cc1. The number of benzene rings is 2. The number of rotatable bonds is 7. The Hall–Kier alpha value is -3.72. The van der Waals surface area contributed by atoms with E-state index in [4.69, 9.17) is 9.47 Å². The van der Waals surface area contributed by atoms with Crippen LogP contribution in [0.3, 0.4) is 0 Å². The molecule has 2 aromatic carbocycles. The number of hydrogen-bond donors (Lipinski definition) is 1. The summed E-state index contributed by atoms with van der Waals surface area (Å²) in [6.45, 7) is 2.60. The fraction of sp³-hybridized carbons (Fsp3) is 0.238. The zero-order chi connectivity index (χ0) is 21.3. The van der Waals surface area contributed by atoms with Gasteiger partial charge in [0.1, 0.15) is 0 Å². The fourth-order valence-corrected chi connectivity index (χ4v) is 2.87. The van der Waals surface area contributed by atoms with Gasteiger partial charge in [0.25, 0.3) is 11.6 Å². The van der Waals surface area contributed by atoms with Crippen LogP contribution < -0.4 is 10.2 Å². The lowest BCUT2D eigenvalue weighted by molar-refractivity contribution is -0.384.